The smallest absolute Gasteiger partial charge is 0.0494 e. The van der Waals surface area contributed by atoms with Gasteiger partial charge < -0.3 is 4.90 Å². The molecule has 19 heavy (non-hydrogen) atoms. The van der Waals surface area contributed by atoms with Crippen LogP contribution in [0.3, 0.4) is 0 Å². The minimum Gasteiger partial charge on any atom is -0.374 e. The second-order valence-electron chi connectivity index (χ2n) is 6.22. The molecule has 0 saturated heterocycles. The Kier molecular flexibility index (Phi) is 4.09. The summed E-state index contributed by atoms with van der Waals surface area (Å²) in [5, 5.41) is 0. The van der Waals surface area contributed by atoms with Gasteiger partial charge in [0.2, 0.25) is 0 Å². The fraction of sp³-hybridized carbons (Fsp3) is 0.625. The van der Waals surface area contributed by atoms with Crippen molar-refractivity contribution in [2.75, 3.05) is 18.5 Å². The second kappa shape index (κ2) is 5.65. The highest BCUT2D eigenvalue weighted by Gasteiger charge is 2.39. The van der Waals surface area contributed by atoms with Gasteiger partial charge in [0, 0.05) is 29.6 Å². The van der Waals surface area contributed by atoms with E-state index < -0.39 is 0 Å². The van der Waals surface area contributed by atoms with Gasteiger partial charge in [-0.3, -0.25) is 0 Å². The number of anilines is 1. The molecule has 0 heterocycles. The fourth-order valence-corrected chi connectivity index (χ4v) is 4.71. The van der Waals surface area contributed by atoms with Gasteiger partial charge in [-0.05, 0) is 60.8 Å². The highest BCUT2D eigenvalue weighted by molar-refractivity contribution is 9.10. The molecule has 0 radical (unpaired) electrons. The summed E-state index contributed by atoms with van der Waals surface area (Å²) in [5.74, 6) is 3.49. The molecule has 2 bridgehead atoms. The van der Waals surface area contributed by atoms with Gasteiger partial charge in [-0.15, -0.1) is 11.6 Å². The summed E-state index contributed by atoms with van der Waals surface area (Å²) in [6, 6.07) is 6.44. The molecule has 104 valence electrons. The van der Waals surface area contributed by atoms with Gasteiger partial charge in [0.15, 0.2) is 0 Å². The lowest BCUT2D eigenvalue weighted by molar-refractivity contribution is 0.337. The summed E-state index contributed by atoms with van der Waals surface area (Å²) < 4.78 is 1.11. The Labute approximate surface area is 129 Å². The number of hydrogen-bond donors (Lipinski definition) is 0. The molecule has 0 spiro atoms. The molecular formula is C16H21BrClN. The van der Waals surface area contributed by atoms with Crippen LogP contribution in [0.2, 0.25) is 0 Å². The Morgan fingerprint density at radius 1 is 1.32 bits per heavy atom. The van der Waals surface area contributed by atoms with Crippen LogP contribution < -0.4 is 4.90 Å². The Hall–Kier alpha value is -0.210. The summed E-state index contributed by atoms with van der Waals surface area (Å²) in [7, 11) is 2.21. The van der Waals surface area contributed by atoms with Crippen LogP contribution in [0.25, 0.3) is 0 Å². The summed E-state index contributed by atoms with van der Waals surface area (Å²) in [6.07, 6.45) is 5.88. The van der Waals surface area contributed by atoms with Crippen LogP contribution in [0, 0.1) is 17.8 Å². The first-order valence-electron chi connectivity index (χ1n) is 7.23. The van der Waals surface area contributed by atoms with Gasteiger partial charge in [0.1, 0.15) is 0 Å². The van der Waals surface area contributed by atoms with E-state index in [1.165, 1.54) is 43.5 Å². The SMILES string of the molecule is CN(CC1CC2CCC1C2)c1ccc(Br)cc1CCl. The first-order valence-corrected chi connectivity index (χ1v) is 8.55. The van der Waals surface area contributed by atoms with Gasteiger partial charge in [0.25, 0.3) is 0 Å². The van der Waals surface area contributed by atoms with E-state index in [4.69, 9.17) is 11.6 Å². The third kappa shape index (κ3) is 2.80. The maximum Gasteiger partial charge on any atom is 0.0494 e. The Morgan fingerprint density at radius 2 is 2.16 bits per heavy atom. The molecule has 3 heteroatoms. The van der Waals surface area contributed by atoms with Crippen molar-refractivity contribution in [3.63, 3.8) is 0 Å². The maximum atomic E-state index is 6.08. The second-order valence-corrected chi connectivity index (χ2v) is 7.41. The third-order valence-corrected chi connectivity index (χ3v) is 5.77. The standard InChI is InChI=1S/C16H21BrClN/c1-19(10-14-7-11-2-3-12(14)6-11)16-5-4-15(17)8-13(16)9-18/h4-5,8,11-12,14H,2-3,6-7,9-10H2,1H3. The molecule has 2 saturated carbocycles. The van der Waals surface area contributed by atoms with E-state index in [2.05, 4.69) is 46.1 Å². The number of nitrogens with zero attached hydrogens (tertiary/aromatic N) is 1. The fourth-order valence-electron chi connectivity index (χ4n) is 4.08. The van der Waals surface area contributed by atoms with Gasteiger partial charge in [-0.25, -0.2) is 0 Å². The Balaban J connectivity index is 1.71. The van der Waals surface area contributed by atoms with Crippen molar-refractivity contribution >= 4 is 33.2 Å². The van der Waals surface area contributed by atoms with Gasteiger partial charge in [0.05, 0.1) is 0 Å². The first-order chi connectivity index (χ1) is 9.17. The zero-order chi connectivity index (χ0) is 13.4. The summed E-state index contributed by atoms with van der Waals surface area (Å²) >= 11 is 9.60. The number of rotatable bonds is 4. The summed E-state index contributed by atoms with van der Waals surface area (Å²) in [6.45, 7) is 1.19. The van der Waals surface area contributed by atoms with Crippen molar-refractivity contribution in [1.29, 1.82) is 0 Å². The van der Waals surface area contributed by atoms with Crippen molar-refractivity contribution in [3.8, 4) is 0 Å². The molecule has 3 atom stereocenters. The molecule has 0 amide bonds. The largest absolute Gasteiger partial charge is 0.374 e. The van der Waals surface area contributed by atoms with E-state index in [-0.39, 0.29) is 0 Å². The molecule has 1 aromatic carbocycles. The number of halogens is 2. The third-order valence-electron chi connectivity index (χ3n) is 4.99. The maximum absolute atomic E-state index is 6.08. The Morgan fingerprint density at radius 3 is 2.79 bits per heavy atom. The van der Waals surface area contributed by atoms with Crippen LogP contribution >= 0.6 is 27.5 Å². The van der Waals surface area contributed by atoms with Crippen molar-refractivity contribution in [2.24, 2.45) is 17.8 Å². The lowest BCUT2D eigenvalue weighted by Gasteiger charge is -2.29. The summed E-state index contributed by atoms with van der Waals surface area (Å²) in [4.78, 5) is 2.41. The van der Waals surface area contributed by atoms with E-state index in [9.17, 15) is 0 Å². The minimum absolute atomic E-state index is 0.579. The zero-order valence-electron chi connectivity index (χ0n) is 11.4. The first kappa shape index (κ1) is 13.8. The molecular weight excluding hydrogens is 322 g/mol. The topological polar surface area (TPSA) is 3.24 Å². The highest BCUT2D eigenvalue weighted by atomic mass is 79.9. The van der Waals surface area contributed by atoms with Gasteiger partial charge in [-0.2, -0.15) is 0 Å². The molecule has 0 aliphatic heterocycles. The van der Waals surface area contributed by atoms with Crippen LogP contribution in [-0.4, -0.2) is 13.6 Å². The average molecular weight is 343 g/mol. The number of hydrogen-bond acceptors (Lipinski definition) is 1. The van der Waals surface area contributed by atoms with Crippen LogP contribution in [0.15, 0.2) is 22.7 Å². The molecule has 3 rings (SSSR count). The van der Waals surface area contributed by atoms with Crippen molar-refractivity contribution in [1.82, 2.24) is 0 Å². The summed E-state index contributed by atoms with van der Waals surface area (Å²) in [5.41, 5.74) is 2.52. The van der Waals surface area contributed by atoms with Crippen LogP contribution in [0.5, 0.6) is 0 Å². The lowest BCUT2D eigenvalue weighted by Crippen LogP contribution is -2.29. The zero-order valence-corrected chi connectivity index (χ0v) is 13.8. The molecule has 2 aliphatic carbocycles. The molecule has 1 nitrogen and oxygen atoms in total. The minimum atomic E-state index is 0.579. The molecule has 0 aromatic heterocycles. The highest BCUT2D eigenvalue weighted by Crippen LogP contribution is 2.48. The molecule has 3 unspecified atom stereocenters. The van der Waals surface area contributed by atoms with E-state index in [0.717, 1.165) is 22.2 Å². The average Bonchev–Trinajstić information content (AvgIpc) is 3.00. The van der Waals surface area contributed by atoms with E-state index in [1.54, 1.807) is 0 Å². The number of alkyl halides is 1. The Bertz CT molecular complexity index is 462. The number of fused-ring (bicyclic) bond motifs is 2. The van der Waals surface area contributed by atoms with Gasteiger partial charge >= 0.3 is 0 Å². The molecule has 2 aliphatic rings. The van der Waals surface area contributed by atoms with Crippen molar-refractivity contribution in [2.45, 2.75) is 31.6 Å². The molecule has 2 fully saturated rings. The van der Waals surface area contributed by atoms with Gasteiger partial charge in [-0.1, -0.05) is 22.4 Å². The normalized spacial score (nSPS) is 28.9. The lowest BCUT2D eigenvalue weighted by atomic mass is 9.88. The molecule has 1 aromatic rings. The van der Waals surface area contributed by atoms with Crippen LogP contribution in [0.4, 0.5) is 5.69 Å². The predicted molar refractivity (Wildman–Crippen MR) is 85.9 cm³/mol. The van der Waals surface area contributed by atoms with Crippen LogP contribution in [-0.2, 0) is 5.88 Å². The van der Waals surface area contributed by atoms with E-state index in [1.807, 2.05) is 0 Å². The van der Waals surface area contributed by atoms with Crippen molar-refractivity contribution in [3.05, 3.63) is 28.2 Å². The quantitative estimate of drug-likeness (QED) is 0.691. The van der Waals surface area contributed by atoms with Crippen molar-refractivity contribution < 1.29 is 0 Å². The van der Waals surface area contributed by atoms with E-state index in [0.29, 0.717) is 5.88 Å². The van der Waals surface area contributed by atoms with Crippen LogP contribution in [0.1, 0.15) is 31.2 Å². The number of benzene rings is 1. The van der Waals surface area contributed by atoms with E-state index >= 15 is 0 Å². The monoisotopic (exact) mass is 341 g/mol. The molecule has 0 N–H and O–H groups in total. The predicted octanol–water partition coefficient (Wildman–Crippen LogP) is 5.06.